The third-order valence-corrected chi connectivity index (χ3v) is 4.35. The summed E-state index contributed by atoms with van der Waals surface area (Å²) in [6.07, 6.45) is 4.17. The van der Waals surface area contributed by atoms with Crippen LogP contribution in [0.4, 0.5) is 0 Å². The molecule has 0 bridgehead atoms. The summed E-state index contributed by atoms with van der Waals surface area (Å²) >= 11 is 4.98. The Labute approximate surface area is 111 Å². The highest BCUT2D eigenvalue weighted by Crippen LogP contribution is 2.50. The van der Waals surface area contributed by atoms with Crippen LogP contribution in [-0.4, -0.2) is 16.8 Å². The molecule has 2 amide bonds. The van der Waals surface area contributed by atoms with E-state index in [9.17, 15) is 14.9 Å². The van der Waals surface area contributed by atoms with Gasteiger partial charge in [-0.05, 0) is 12.8 Å². The fourth-order valence-corrected chi connectivity index (χ4v) is 3.68. The first kappa shape index (κ1) is 13.0. The molecule has 0 unspecified atom stereocenters. The van der Waals surface area contributed by atoms with Gasteiger partial charge in [-0.15, -0.1) is 0 Å². The summed E-state index contributed by atoms with van der Waals surface area (Å²) in [7, 11) is 0. The number of nitriles is 1. The van der Waals surface area contributed by atoms with Crippen LogP contribution in [0.15, 0.2) is 0 Å². The molecule has 0 aromatic rings. The van der Waals surface area contributed by atoms with Gasteiger partial charge in [0.1, 0.15) is 5.92 Å². The van der Waals surface area contributed by atoms with Crippen molar-refractivity contribution in [3.05, 3.63) is 0 Å². The number of nitrogens with two attached hydrogens (primary N) is 1. The molecule has 0 aromatic carbocycles. The van der Waals surface area contributed by atoms with E-state index in [1.54, 1.807) is 0 Å². The Kier molecular flexibility index (Phi) is 3.35. The average Bonchev–Trinajstić information content (AvgIpc) is 2.29. The molecular weight excluding hydrogens is 250 g/mol. The van der Waals surface area contributed by atoms with Crippen LogP contribution >= 0.6 is 12.2 Å². The van der Waals surface area contributed by atoms with Gasteiger partial charge in [-0.1, -0.05) is 31.5 Å². The van der Waals surface area contributed by atoms with Crippen molar-refractivity contribution in [3.63, 3.8) is 0 Å². The zero-order chi connectivity index (χ0) is 13.3. The topological polar surface area (TPSA) is 96.0 Å². The Morgan fingerprint density at radius 3 is 2.44 bits per heavy atom. The summed E-state index contributed by atoms with van der Waals surface area (Å²) in [5, 5.41) is 11.5. The maximum absolute atomic E-state index is 12.0. The molecule has 18 heavy (non-hydrogen) atoms. The van der Waals surface area contributed by atoms with Crippen molar-refractivity contribution in [2.24, 2.45) is 23.0 Å². The predicted octanol–water partition coefficient (Wildman–Crippen LogP) is 0.635. The Hall–Kier alpha value is -1.48. The van der Waals surface area contributed by atoms with Crippen molar-refractivity contribution in [3.8, 4) is 6.07 Å². The molecule has 2 rings (SSSR count). The van der Waals surface area contributed by atoms with E-state index < -0.39 is 29.1 Å². The van der Waals surface area contributed by atoms with Crippen molar-refractivity contribution in [2.75, 3.05) is 0 Å². The highest BCUT2D eigenvalue weighted by atomic mass is 32.1. The largest absolute Gasteiger partial charge is 0.393 e. The number of nitrogens with one attached hydrogen (secondary N) is 1. The van der Waals surface area contributed by atoms with Crippen molar-refractivity contribution in [2.45, 2.75) is 32.1 Å². The van der Waals surface area contributed by atoms with Crippen LogP contribution in [0.5, 0.6) is 0 Å². The van der Waals surface area contributed by atoms with Crippen LogP contribution in [0, 0.1) is 28.6 Å². The molecule has 5 nitrogen and oxygen atoms in total. The van der Waals surface area contributed by atoms with E-state index in [1.165, 1.54) is 0 Å². The number of carbonyl (C=O) groups is 2. The zero-order valence-electron chi connectivity index (χ0n) is 9.94. The van der Waals surface area contributed by atoms with E-state index in [-0.39, 0.29) is 4.99 Å². The van der Waals surface area contributed by atoms with E-state index in [4.69, 9.17) is 18.0 Å². The van der Waals surface area contributed by atoms with Gasteiger partial charge < -0.3 is 5.73 Å². The summed E-state index contributed by atoms with van der Waals surface area (Å²) in [6, 6.07) is 2.04. The summed E-state index contributed by atoms with van der Waals surface area (Å²) in [5.41, 5.74) is 4.99. The second-order valence-corrected chi connectivity index (χ2v) is 5.52. The second kappa shape index (κ2) is 4.65. The summed E-state index contributed by atoms with van der Waals surface area (Å²) in [6.45, 7) is 0. The van der Waals surface area contributed by atoms with E-state index in [0.717, 1.165) is 19.3 Å². The second-order valence-electron chi connectivity index (χ2n) is 5.04. The molecule has 1 heterocycles. The van der Waals surface area contributed by atoms with E-state index >= 15 is 0 Å². The van der Waals surface area contributed by atoms with E-state index in [1.807, 2.05) is 6.07 Å². The lowest BCUT2D eigenvalue weighted by atomic mass is 9.57. The number of carbonyl (C=O) groups excluding carboxylic acids is 2. The highest BCUT2D eigenvalue weighted by Gasteiger charge is 2.56. The number of thiocarbonyl (C=S) groups is 1. The van der Waals surface area contributed by atoms with Crippen molar-refractivity contribution in [1.82, 2.24) is 5.32 Å². The summed E-state index contributed by atoms with van der Waals surface area (Å²) in [4.78, 5) is 23.9. The third-order valence-electron chi connectivity index (χ3n) is 4.12. The number of nitrogens with zero attached hydrogens (tertiary/aromatic N) is 1. The molecule has 1 saturated heterocycles. The molecule has 96 valence electrons. The molecule has 1 aliphatic carbocycles. The van der Waals surface area contributed by atoms with Crippen molar-refractivity contribution in [1.29, 1.82) is 5.26 Å². The van der Waals surface area contributed by atoms with Gasteiger partial charge in [0.05, 0.1) is 17.0 Å². The number of piperidine rings is 1. The fraction of sp³-hybridized carbons (Fsp3) is 0.667. The van der Waals surface area contributed by atoms with Gasteiger partial charge in [0, 0.05) is 5.41 Å². The lowest BCUT2D eigenvalue weighted by Gasteiger charge is -2.47. The Bertz CT molecular complexity index is 449. The number of hydrogen-bond acceptors (Lipinski definition) is 4. The lowest BCUT2D eigenvalue weighted by Crippen LogP contribution is -2.61. The van der Waals surface area contributed by atoms with Gasteiger partial charge in [-0.2, -0.15) is 5.26 Å². The van der Waals surface area contributed by atoms with Crippen LogP contribution in [-0.2, 0) is 9.59 Å². The minimum absolute atomic E-state index is 0.0853. The molecule has 0 aromatic heterocycles. The predicted molar refractivity (Wildman–Crippen MR) is 68.0 cm³/mol. The first-order chi connectivity index (χ1) is 8.53. The molecule has 2 atom stereocenters. The smallest absolute Gasteiger partial charge is 0.244 e. The SMILES string of the molecule is N#C[C@@H]1C(=O)NC(=O)[C@H](C(N)=S)C12CCCCC2. The van der Waals surface area contributed by atoms with Crippen molar-refractivity contribution < 1.29 is 9.59 Å². The highest BCUT2D eigenvalue weighted by molar-refractivity contribution is 7.80. The van der Waals surface area contributed by atoms with Crippen LogP contribution in [0.2, 0.25) is 0 Å². The molecule has 0 radical (unpaired) electrons. The zero-order valence-corrected chi connectivity index (χ0v) is 10.8. The molecule has 6 heteroatoms. The standard InChI is InChI=1S/C12H15N3O2S/c13-6-7-10(16)15-11(17)8(9(14)18)12(7)4-2-1-3-5-12/h7-8H,1-5H2,(H2,14,18)(H,15,16,17)/t7-,8+/m1/s1. The monoisotopic (exact) mass is 265 g/mol. The normalized spacial score (nSPS) is 30.6. The molecule has 1 spiro atoms. The molecule has 2 aliphatic rings. The molecule has 3 N–H and O–H groups in total. The first-order valence-corrected chi connectivity index (χ1v) is 6.47. The maximum Gasteiger partial charge on any atom is 0.244 e. The van der Waals surface area contributed by atoms with Gasteiger partial charge in [-0.25, -0.2) is 0 Å². The molecule has 1 saturated carbocycles. The van der Waals surface area contributed by atoms with Crippen LogP contribution in [0.1, 0.15) is 32.1 Å². The number of hydrogen-bond donors (Lipinski definition) is 2. The first-order valence-electron chi connectivity index (χ1n) is 6.06. The number of imide groups is 1. The van der Waals surface area contributed by atoms with Gasteiger partial charge in [-0.3, -0.25) is 14.9 Å². The molecule has 1 aliphatic heterocycles. The van der Waals surface area contributed by atoms with E-state index in [0.29, 0.717) is 12.8 Å². The average molecular weight is 265 g/mol. The summed E-state index contributed by atoms with van der Waals surface area (Å²) < 4.78 is 0. The lowest BCUT2D eigenvalue weighted by molar-refractivity contribution is -0.146. The van der Waals surface area contributed by atoms with Gasteiger partial charge in [0.15, 0.2) is 0 Å². The van der Waals surface area contributed by atoms with Gasteiger partial charge >= 0.3 is 0 Å². The van der Waals surface area contributed by atoms with Gasteiger partial charge in [0.25, 0.3) is 0 Å². The number of amides is 2. The fourth-order valence-electron chi connectivity index (χ4n) is 3.34. The van der Waals surface area contributed by atoms with Crippen LogP contribution in [0.25, 0.3) is 0 Å². The minimum Gasteiger partial charge on any atom is -0.393 e. The van der Waals surface area contributed by atoms with E-state index in [2.05, 4.69) is 5.32 Å². The summed E-state index contributed by atoms with van der Waals surface area (Å²) in [5.74, 6) is -2.48. The molecular formula is C12H15N3O2S. The number of rotatable bonds is 1. The Balaban J connectivity index is 2.49. The molecule has 2 fully saturated rings. The van der Waals surface area contributed by atoms with Crippen LogP contribution in [0.3, 0.4) is 0 Å². The minimum atomic E-state index is -0.831. The quantitative estimate of drug-likeness (QED) is 0.535. The Morgan fingerprint density at radius 2 is 1.94 bits per heavy atom. The third kappa shape index (κ3) is 1.79. The Morgan fingerprint density at radius 1 is 1.33 bits per heavy atom. The van der Waals surface area contributed by atoms with Gasteiger partial charge in [0.2, 0.25) is 11.8 Å². The van der Waals surface area contributed by atoms with Crippen molar-refractivity contribution >= 4 is 29.0 Å². The maximum atomic E-state index is 12.0. The van der Waals surface area contributed by atoms with Crippen LogP contribution < -0.4 is 11.1 Å².